The second kappa shape index (κ2) is 7.97. The van der Waals surface area contributed by atoms with Crippen molar-refractivity contribution in [1.82, 2.24) is 0 Å². The minimum absolute atomic E-state index is 0.135. The van der Waals surface area contributed by atoms with Gasteiger partial charge in [0, 0.05) is 21.2 Å². The number of halogens is 1. The molecule has 6 nitrogen and oxygen atoms in total. The first kappa shape index (κ1) is 20.2. The van der Waals surface area contributed by atoms with Crippen LogP contribution in [0.25, 0.3) is 11.0 Å². The van der Waals surface area contributed by atoms with Crippen molar-refractivity contribution in [1.29, 1.82) is 0 Å². The average Bonchev–Trinajstić information content (AvgIpc) is 3.04. The van der Waals surface area contributed by atoms with Crippen molar-refractivity contribution in [3.8, 4) is 0 Å². The third-order valence-corrected chi connectivity index (χ3v) is 6.42. The topological polar surface area (TPSA) is 88.4 Å². The monoisotopic (exact) mass is 484 g/mol. The van der Waals surface area contributed by atoms with E-state index in [9.17, 15) is 13.2 Å². The molecule has 0 bridgehead atoms. The van der Waals surface area contributed by atoms with Gasteiger partial charge in [-0.25, -0.2) is 8.42 Å². The molecule has 8 heteroatoms. The Balaban J connectivity index is 1.67. The molecule has 152 valence electrons. The van der Waals surface area contributed by atoms with Gasteiger partial charge in [0.25, 0.3) is 15.9 Å². The molecule has 0 atom stereocenters. The molecular formula is C22H17BrN2O4S. The van der Waals surface area contributed by atoms with E-state index in [1.165, 1.54) is 12.1 Å². The predicted molar refractivity (Wildman–Crippen MR) is 120 cm³/mol. The van der Waals surface area contributed by atoms with Crippen molar-refractivity contribution >= 4 is 54.2 Å². The van der Waals surface area contributed by atoms with E-state index in [0.717, 1.165) is 4.47 Å². The summed E-state index contributed by atoms with van der Waals surface area (Å²) in [6.45, 7) is 1.70. The molecule has 0 aliphatic carbocycles. The van der Waals surface area contributed by atoms with Crippen LogP contribution in [-0.4, -0.2) is 14.3 Å². The van der Waals surface area contributed by atoms with Crippen LogP contribution < -0.4 is 10.0 Å². The summed E-state index contributed by atoms with van der Waals surface area (Å²) in [4.78, 5) is 13.0. The molecule has 0 fully saturated rings. The second-order valence-corrected chi connectivity index (χ2v) is 9.22. The highest BCUT2D eigenvalue weighted by molar-refractivity contribution is 9.10. The maximum Gasteiger partial charge on any atom is 0.261 e. The second-order valence-electron chi connectivity index (χ2n) is 6.62. The number of para-hydroxylation sites is 1. The lowest BCUT2D eigenvalue weighted by molar-refractivity contribution is 0.102. The molecule has 0 saturated carbocycles. The maximum absolute atomic E-state index is 12.8. The number of nitrogens with one attached hydrogen (secondary N) is 2. The van der Waals surface area contributed by atoms with Crippen LogP contribution in [0.3, 0.4) is 0 Å². The minimum atomic E-state index is -3.78. The molecule has 3 aromatic carbocycles. The largest absolute Gasteiger partial charge is 0.461 e. The predicted octanol–water partition coefficient (Wildman–Crippen LogP) is 5.56. The third-order valence-electron chi connectivity index (χ3n) is 4.50. The first-order valence-electron chi connectivity index (χ1n) is 9.01. The normalized spacial score (nSPS) is 11.4. The summed E-state index contributed by atoms with van der Waals surface area (Å²) < 4.78 is 34.4. The van der Waals surface area contributed by atoms with Gasteiger partial charge in [0.05, 0.1) is 10.5 Å². The Morgan fingerprint density at radius 3 is 2.33 bits per heavy atom. The van der Waals surface area contributed by atoms with Gasteiger partial charge < -0.3 is 9.73 Å². The molecule has 30 heavy (non-hydrogen) atoms. The Bertz CT molecular complexity index is 1330. The summed E-state index contributed by atoms with van der Waals surface area (Å²) >= 11 is 3.29. The number of carbonyl (C=O) groups is 1. The Hall–Kier alpha value is -3.10. The standard InChI is InChI=1S/C22H17BrN2O4S/c1-14-21(22(26)24-16-5-3-2-4-6-16)19-13-17(9-12-20(19)29-14)25-30(27,28)18-10-7-15(23)8-11-18/h2-13,25H,1H3,(H,24,26). The van der Waals surface area contributed by atoms with Crippen molar-refractivity contribution in [3.63, 3.8) is 0 Å². The number of hydrogen-bond donors (Lipinski definition) is 2. The summed E-state index contributed by atoms with van der Waals surface area (Å²) in [7, 11) is -3.78. The number of furan rings is 1. The Labute approximate surface area is 182 Å². The van der Waals surface area contributed by atoms with Crippen LogP contribution in [-0.2, 0) is 10.0 Å². The van der Waals surface area contributed by atoms with Gasteiger partial charge in [-0.15, -0.1) is 0 Å². The summed E-state index contributed by atoms with van der Waals surface area (Å²) in [5.41, 5.74) is 1.85. The third kappa shape index (κ3) is 4.10. The van der Waals surface area contributed by atoms with Crippen LogP contribution in [0.4, 0.5) is 11.4 Å². The Morgan fingerprint density at radius 2 is 1.63 bits per heavy atom. The Morgan fingerprint density at radius 1 is 0.933 bits per heavy atom. The zero-order valence-electron chi connectivity index (χ0n) is 15.8. The molecule has 0 radical (unpaired) electrons. The summed E-state index contributed by atoms with van der Waals surface area (Å²) in [6, 6.07) is 20.2. The van der Waals surface area contributed by atoms with Crippen LogP contribution in [0.15, 0.2) is 86.6 Å². The quantitative estimate of drug-likeness (QED) is 0.388. The molecule has 1 amide bonds. The average molecular weight is 485 g/mol. The van der Waals surface area contributed by atoms with Gasteiger partial charge in [0.2, 0.25) is 0 Å². The van der Waals surface area contributed by atoms with Gasteiger partial charge in [0.1, 0.15) is 11.3 Å². The molecular weight excluding hydrogens is 468 g/mol. The van der Waals surface area contributed by atoms with Crippen LogP contribution in [0.2, 0.25) is 0 Å². The van der Waals surface area contributed by atoms with Gasteiger partial charge >= 0.3 is 0 Å². The van der Waals surface area contributed by atoms with E-state index < -0.39 is 10.0 Å². The number of hydrogen-bond acceptors (Lipinski definition) is 4. The number of amides is 1. The number of fused-ring (bicyclic) bond motifs is 1. The molecule has 0 saturated heterocycles. The highest BCUT2D eigenvalue weighted by Crippen LogP contribution is 2.30. The van der Waals surface area contributed by atoms with E-state index in [1.807, 2.05) is 18.2 Å². The van der Waals surface area contributed by atoms with Crippen molar-refractivity contribution in [2.75, 3.05) is 10.0 Å². The van der Waals surface area contributed by atoms with Crippen LogP contribution in [0, 0.1) is 6.92 Å². The lowest BCUT2D eigenvalue weighted by Crippen LogP contribution is -2.13. The van der Waals surface area contributed by atoms with Crippen LogP contribution in [0.5, 0.6) is 0 Å². The lowest BCUT2D eigenvalue weighted by Gasteiger charge is -2.09. The van der Waals surface area contributed by atoms with Gasteiger partial charge in [-0.2, -0.15) is 0 Å². The fourth-order valence-electron chi connectivity index (χ4n) is 3.11. The number of rotatable bonds is 5. The summed E-state index contributed by atoms with van der Waals surface area (Å²) in [5.74, 6) is 0.122. The zero-order valence-corrected chi connectivity index (χ0v) is 18.2. The Kier molecular flexibility index (Phi) is 5.36. The van der Waals surface area contributed by atoms with Crippen LogP contribution >= 0.6 is 15.9 Å². The molecule has 0 aliphatic heterocycles. The highest BCUT2D eigenvalue weighted by Gasteiger charge is 2.20. The van der Waals surface area contributed by atoms with Crippen molar-refractivity contribution in [2.24, 2.45) is 0 Å². The fourth-order valence-corrected chi connectivity index (χ4v) is 4.42. The lowest BCUT2D eigenvalue weighted by atomic mass is 10.1. The highest BCUT2D eigenvalue weighted by atomic mass is 79.9. The number of anilines is 2. The van der Waals surface area contributed by atoms with Gasteiger partial charge in [-0.05, 0) is 61.5 Å². The van der Waals surface area contributed by atoms with E-state index in [4.69, 9.17) is 4.42 Å². The van der Waals surface area contributed by atoms with E-state index in [-0.39, 0.29) is 10.8 Å². The van der Waals surface area contributed by atoms with Crippen molar-refractivity contribution < 1.29 is 17.6 Å². The smallest absolute Gasteiger partial charge is 0.261 e. The van der Waals surface area contributed by atoms with Gasteiger partial charge in [-0.3, -0.25) is 9.52 Å². The minimum Gasteiger partial charge on any atom is -0.461 e. The molecule has 4 aromatic rings. The van der Waals surface area contributed by atoms with Crippen molar-refractivity contribution in [3.05, 3.63) is 88.6 Å². The summed E-state index contributed by atoms with van der Waals surface area (Å²) in [5, 5.41) is 3.36. The van der Waals surface area contributed by atoms with Gasteiger partial charge in [-0.1, -0.05) is 34.1 Å². The molecule has 1 aromatic heterocycles. The van der Waals surface area contributed by atoms with Gasteiger partial charge in [0.15, 0.2) is 0 Å². The number of carbonyl (C=O) groups excluding carboxylic acids is 1. The number of sulfonamides is 1. The first-order chi connectivity index (χ1) is 14.3. The zero-order chi connectivity index (χ0) is 21.3. The maximum atomic E-state index is 12.8. The summed E-state index contributed by atoms with van der Waals surface area (Å²) in [6.07, 6.45) is 0. The molecule has 2 N–H and O–H groups in total. The number of benzene rings is 3. The van der Waals surface area contributed by atoms with E-state index in [2.05, 4.69) is 26.0 Å². The molecule has 0 aliphatic rings. The first-order valence-corrected chi connectivity index (χ1v) is 11.3. The molecule has 4 rings (SSSR count). The van der Waals surface area contributed by atoms with E-state index >= 15 is 0 Å². The SMILES string of the molecule is Cc1oc2ccc(NS(=O)(=O)c3ccc(Br)cc3)cc2c1C(=O)Nc1ccccc1. The molecule has 0 spiro atoms. The van der Waals surface area contributed by atoms with E-state index in [1.54, 1.807) is 49.4 Å². The fraction of sp³-hybridized carbons (Fsp3) is 0.0455. The van der Waals surface area contributed by atoms with Crippen LogP contribution in [0.1, 0.15) is 16.1 Å². The molecule has 0 unspecified atom stereocenters. The number of aryl methyl sites for hydroxylation is 1. The van der Waals surface area contributed by atoms with E-state index in [0.29, 0.717) is 33.7 Å². The molecule has 1 heterocycles. The van der Waals surface area contributed by atoms with Crippen molar-refractivity contribution in [2.45, 2.75) is 11.8 Å².